The number of hydrogen-bond acceptors (Lipinski definition) is 4. The highest BCUT2D eigenvalue weighted by molar-refractivity contribution is 7.92. The average Bonchev–Trinajstić information content (AvgIpc) is 2.75. The highest BCUT2D eigenvalue weighted by Gasteiger charge is 2.22. The minimum Gasteiger partial charge on any atom is -0.464 e. The van der Waals surface area contributed by atoms with Crippen molar-refractivity contribution in [3.8, 4) is 0 Å². The first-order valence-electron chi connectivity index (χ1n) is 5.60. The monoisotopic (exact) mass is 318 g/mol. The van der Waals surface area contributed by atoms with Crippen LogP contribution in [0.5, 0.6) is 0 Å². The number of halogens is 2. The Hall–Kier alpha value is -1.57. The van der Waals surface area contributed by atoms with Gasteiger partial charge in [0.25, 0.3) is 10.0 Å². The van der Waals surface area contributed by atoms with Crippen molar-refractivity contribution in [2.24, 2.45) is 5.73 Å². The summed E-state index contributed by atoms with van der Waals surface area (Å²) in [6.07, 6.45) is 0. The Morgan fingerprint density at radius 1 is 1.40 bits per heavy atom. The molecule has 0 fully saturated rings. The largest absolute Gasteiger partial charge is 0.464 e. The lowest BCUT2D eigenvalue weighted by molar-refractivity contribution is 0.479. The molecule has 8 heteroatoms. The van der Waals surface area contributed by atoms with Crippen LogP contribution in [0.1, 0.15) is 11.5 Å². The summed E-state index contributed by atoms with van der Waals surface area (Å²) in [5, 5.41) is 0.176. The first kappa shape index (κ1) is 14.8. The van der Waals surface area contributed by atoms with Crippen molar-refractivity contribution in [2.45, 2.75) is 18.4 Å². The molecule has 0 spiro atoms. The fraction of sp³-hybridized carbons (Fsp3) is 0.167. The molecule has 1 aromatic heterocycles. The van der Waals surface area contributed by atoms with Gasteiger partial charge < -0.3 is 10.2 Å². The minimum atomic E-state index is -3.95. The highest BCUT2D eigenvalue weighted by atomic mass is 35.5. The van der Waals surface area contributed by atoms with Gasteiger partial charge in [-0.2, -0.15) is 0 Å². The van der Waals surface area contributed by atoms with Crippen LogP contribution in [0, 0.1) is 12.7 Å². The van der Waals surface area contributed by atoms with Gasteiger partial charge in [-0.3, -0.25) is 4.72 Å². The molecule has 5 nitrogen and oxygen atoms in total. The number of benzene rings is 1. The van der Waals surface area contributed by atoms with E-state index in [9.17, 15) is 12.8 Å². The Bertz CT molecular complexity index is 743. The number of nitrogens with two attached hydrogens (primary N) is 1. The fourth-order valence-electron chi connectivity index (χ4n) is 1.66. The van der Waals surface area contributed by atoms with Gasteiger partial charge in [0.2, 0.25) is 0 Å². The summed E-state index contributed by atoms with van der Waals surface area (Å²) < 4.78 is 45.3. The first-order chi connectivity index (χ1) is 9.33. The van der Waals surface area contributed by atoms with Gasteiger partial charge in [0.1, 0.15) is 22.2 Å². The van der Waals surface area contributed by atoms with E-state index in [4.69, 9.17) is 21.8 Å². The predicted octanol–water partition coefficient (Wildman–Crippen LogP) is 2.64. The van der Waals surface area contributed by atoms with Crippen molar-refractivity contribution in [1.82, 2.24) is 0 Å². The molecule has 0 saturated carbocycles. The third-order valence-electron chi connectivity index (χ3n) is 2.59. The normalized spacial score (nSPS) is 11.6. The maximum atomic E-state index is 13.6. The van der Waals surface area contributed by atoms with Crippen LogP contribution in [0.4, 0.5) is 10.1 Å². The van der Waals surface area contributed by atoms with Gasteiger partial charge in [0, 0.05) is 11.1 Å². The molecule has 0 bridgehead atoms. The smallest absolute Gasteiger partial charge is 0.265 e. The van der Waals surface area contributed by atoms with Crippen LogP contribution in [-0.2, 0) is 16.6 Å². The summed E-state index contributed by atoms with van der Waals surface area (Å²) >= 11 is 5.61. The molecule has 0 aliphatic heterocycles. The van der Waals surface area contributed by atoms with Gasteiger partial charge in [-0.25, -0.2) is 12.8 Å². The molecule has 0 unspecified atom stereocenters. The number of aryl methyl sites for hydroxylation is 1. The van der Waals surface area contributed by atoms with Gasteiger partial charge in [-0.05, 0) is 25.1 Å². The Balaban J connectivity index is 2.38. The van der Waals surface area contributed by atoms with E-state index in [0.29, 0.717) is 5.76 Å². The summed E-state index contributed by atoms with van der Waals surface area (Å²) in [5.41, 5.74) is 5.19. The zero-order valence-electron chi connectivity index (χ0n) is 10.5. The molecule has 0 radical (unpaired) electrons. The Morgan fingerprint density at radius 2 is 2.10 bits per heavy atom. The summed E-state index contributed by atoms with van der Waals surface area (Å²) in [5.74, 6) is -0.243. The summed E-state index contributed by atoms with van der Waals surface area (Å²) in [6, 6.07) is 4.96. The van der Waals surface area contributed by atoms with Crippen LogP contribution in [0.3, 0.4) is 0 Å². The van der Waals surface area contributed by atoms with E-state index in [1.54, 1.807) is 0 Å². The lowest BCUT2D eigenvalue weighted by atomic mass is 10.3. The lowest BCUT2D eigenvalue weighted by Gasteiger charge is -2.08. The van der Waals surface area contributed by atoms with Gasteiger partial charge in [-0.15, -0.1) is 0 Å². The summed E-state index contributed by atoms with van der Waals surface area (Å²) in [6.45, 7) is 1.57. The summed E-state index contributed by atoms with van der Waals surface area (Å²) in [7, 11) is -3.95. The van der Waals surface area contributed by atoms with Crippen LogP contribution in [0.15, 0.2) is 33.6 Å². The van der Waals surface area contributed by atoms with E-state index < -0.39 is 15.8 Å². The van der Waals surface area contributed by atoms with Gasteiger partial charge in [0.05, 0.1) is 12.2 Å². The molecule has 0 atom stereocenters. The van der Waals surface area contributed by atoms with Crippen LogP contribution in [0.2, 0.25) is 5.02 Å². The van der Waals surface area contributed by atoms with E-state index in [1.165, 1.54) is 25.1 Å². The molecular formula is C12H12ClFN2O3S. The molecule has 3 N–H and O–H groups in total. The molecule has 2 aromatic rings. The standard InChI is InChI=1S/C12H12ClFN2O3S/c1-7-12(5-9(6-15)19-7)20(17,18)16-11-3-2-8(13)4-10(11)14/h2-5,16H,6,15H2,1H3. The predicted molar refractivity (Wildman–Crippen MR) is 73.6 cm³/mol. The van der Waals surface area contributed by atoms with Crippen molar-refractivity contribution in [2.75, 3.05) is 4.72 Å². The zero-order valence-corrected chi connectivity index (χ0v) is 12.1. The first-order valence-corrected chi connectivity index (χ1v) is 7.47. The Kier molecular flexibility index (Phi) is 4.03. The molecule has 0 aliphatic rings. The van der Waals surface area contributed by atoms with Gasteiger partial charge >= 0.3 is 0 Å². The second-order valence-electron chi connectivity index (χ2n) is 4.07. The fourth-order valence-corrected chi connectivity index (χ4v) is 3.09. The maximum Gasteiger partial charge on any atom is 0.265 e. The number of rotatable bonds is 4. The third kappa shape index (κ3) is 2.95. The van der Waals surface area contributed by atoms with Gasteiger partial charge in [0.15, 0.2) is 0 Å². The second kappa shape index (κ2) is 5.43. The number of nitrogens with one attached hydrogen (secondary N) is 1. The van der Waals surface area contributed by atoms with E-state index in [0.717, 1.165) is 6.07 Å². The van der Waals surface area contributed by atoms with Crippen molar-refractivity contribution in [1.29, 1.82) is 0 Å². The van der Waals surface area contributed by atoms with E-state index in [2.05, 4.69) is 4.72 Å². The molecule has 20 heavy (non-hydrogen) atoms. The van der Waals surface area contributed by atoms with E-state index >= 15 is 0 Å². The van der Waals surface area contributed by atoms with E-state index in [1.807, 2.05) is 0 Å². The topological polar surface area (TPSA) is 85.3 Å². The van der Waals surface area contributed by atoms with Gasteiger partial charge in [-0.1, -0.05) is 11.6 Å². The number of furan rings is 1. The number of hydrogen-bond donors (Lipinski definition) is 2. The Labute approximate surface area is 120 Å². The average molecular weight is 319 g/mol. The molecule has 108 valence electrons. The lowest BCUT2D eigenvalue weighted by Crippen LogP contribution is -2.14. The molecule has 1 aromatic carbocycles. The number of sulfonamides is 1. The van der Waals surface area contributed by atoms with Crippen molar-refractivity contribution < 1.29 is 17.2 Å². The molecular weight excluding hydrogens is 307 g/mol. The Morgan fingerprint density at radius 3 is 2.65 bits per heavy atom. The van der Waals surface area contributed by atoms with Crippen molar-refractivity contribution in [3.63, 3.8) is 0 Å². The molecule has 1 heterocycles. The zero-order chi connectivity index (χ0) is 14.9. The molecule has 2 rings (SSSR count). The van der Waals surface area contributed by atoms with Crippen LogP contribution >= 0.6 is 11.6 Å². The number of anilines is 1. The highest BCUT2D eigenvalue weighted by Crippen LogP contribution is 2.25. The maximum absolute atomic E-state index is 13.6. The SMILES string of the molecule is Cc1oc(CN)cc1S(=O)(=O)Nc1ccc(Cl)cc1F. The van der Waals surface area contributed by atoms with Crippen LogP contribution < -0.4 is 10.5 Å². The quantitative estimate of drug-likeness (QED) is 0.907. The second-order valence-corrected chi connectivity index (χ2v) is 6.15. The van der Waals surface area contributed by atoms with Crippen LogP contribution in [0.25, 0.3) is 0 Å². The summed E-state index contributed by atoms with van der Waals surface area (Å²) in [4.78, 5) is -0.0766. The van der Waals surface area contributed by atoms with Crippen molar-refractivity contribution >= 4 is 27.3 Å². The third-order valence-corrected chi connectivity index (χ3v) is 4.30. The van der Waals surface area contributed by atoms with Crippen LogP contribution in [-0.4, -0.2) is 8.42 Å². The molecule has 0 aliphatic carbocycles. The molecule has 0 amide bonds. The molecule has 0 saturated heterocycles. The van der Waals surface area contributed by atoms with Crippen molar-refractivity contribution in [3.05, 3.63) is 46.6 Å². The minimum absolute atomic E-state index is 0.0751. The van der Waals surface area contributed by atoms with E-state index in [-0.39, 0.29) is 27.9 Å².